The van der Waals surface area contributed by atoms with Crippen molar-refractivity contribution in [2.45, 2.75) is 45.2 Å². The number of rotatable bonds is 5. The molecule has 3 rings (SSSR count). The molecule has 1 amide bonds. The molecule has 0 spiro atoms. The summed E-state index contributed by atoms with van der Waals surface area (Å²) in [6, 6.07) is 6.64. The molecule has 0 bridgehead atoms. The number of fused-ring (bicyclic) bond motifs is 1. The fourth-order valence-corrected chi connectivity index (χ4v) is 3.44. The van der Waals surface area contributed by atoms with Crippen molar-refractivity contribution in [3.05, 3.63) is 23.8 Å². The highest BCUT2D eigenvalue weighted by Crippen LogP contribution is 2.42. The highest BCUT2D eigenvalue weighted by molar-refractivity contribution is 5.76. The summed E-state index contributed by atoms with van der Waals surface area (Å²) >= 11 is 0. The van der Waals surface area contributed by atoms with Crippen LogP contribution in [0.15, 0.2) is 18.2 Å². The smallest absolute Gasteiger partial charge is 0.221 e. The molecule has 1 saturated heterocycles. The number of para-hydroxylation sites is 1. The van der Waals surface area contributed by atoms with Crippen LogP contribution in [-0.2, 0) is 4.79 Å². The summed E-state index contributed by atoms with van der Waals surface area (Å²) in [4.78, 5) is 14.3. The molecule has 0 aliphatic carbocycles. The molecule has 1 N–H and O–H groups in total. The van der Waals surface area contributed by atoms with Gasteiger partial charge in [-0.2, -0.15) is 0 Å². The second-order valence-corrected chi connectivity index (χ2v) is 6.54. The van der Waals surface area contributed by atoms with Gasteiger partial charge in [0.2, 0.25) is 5.91 Å². The maximum absolute atomic E-state index is 11.9. The van der Waals surface area contributed by atoms with Crippen molar-refractivity contribution < 1.29 is 14.3 Å². The van der Waals surface area contributed by atoms with Gasteiger partial charge < -0.3 is 14.8 Å². The number of benzene rings is 1. The van der Waals surface area contributed by atoms with Crippen LogP contribution >= 0.6 is 0 Å². The van der Waals surface area contributed by atoms with E-state index in [-0.39, 0.29) is 11.9 Å². The number of hydrogen-bond acceptors (Lipinski definition) is 4. The maximum atomic E-state index is 11.9. The van der Waals surface area contributed by atoms with E-state index in [1.165, 1.54) is 5.56 Å². The predicted octanol–water partition coefficient (Wildman–Crippen LogP) is 2.51. The largest absolute Gasteiger partial charge is 0.486 e. The van der Waals surface area contributed by atoms with E-state index in [0.717, 1.165) is 37.4 Å². The van der Waals surface area contributed by atoms with Gasteiger partial charge in [-0.15, -0.1) is 0 Å². The van der Waals surface area contributed by atoms with Crippen molar-refractivity contribution in [2.75, 3.05) is 26.3 Å². The van der Waals surface area contributed by atoms with Gasteiger partial charge in [0.05, 0.1) is 0 Å². The molecule has 1 fully saturated rings. The lowest BCUT2D eigenvalue weighted by atomic mass is 10.0. The lowest BCUT2D eigenvalue weighted by Crippen LogP contribution is -2.34. The third-order valence-corrected chi connectivity index (χ3v) is 4.40. The van der Waals surface area contributed by atoms with Gasteiger partial charge in [-0.05, 0) is 39.3 Å². The first-order valence-corrected chi connectivity index (χ1v) is 8.57. The topological polar surface area (TPSA) is 50.8 Å². The summed E-state index contributed by atoms with van der Waals surface area (Å²) in [5, 5.41) is 2.96. The molecular weight excluding hydrogens is 292 g/mol. The fraction of sp³-hybridized carbons (Fsp3) is 0.611. The Morgan fingerprint density at radius 2 is 2.17 bits per heavy atom. The number of carbonyl (C=O) groups is 1. The molecule has 2 heterocycles. The standard InChI is InChI=1S/C18H26N2O3/c1-13(2)19-17(21)8-10-20-9-4-6-15(20)14-5-3-7-16-18(14)23-12-11-22-16/h3,5,7,13,15H,4,6,8-12H2,1-2H3,(H,19,21)/t15-/m1/s1. The van der Waals surface area contributed by atoms with Gasteiger partial charge in [-0.25, -0.2) is 0 Å². The van der Waals surface area contributed by atoms with Crippen LogP contribution in [0.4, 0.5) is 0 Å². The van der Waals surface area contributed by atoms with Crippen molar-refractivity contribution in [2.24, 2.45) is 0 Å². The second kappa shape index (κ2) is 7.21. The van der Waals surface area contributed by atoms with Crippen LogP contribution in [0.1, 0.15) is 44.7 Å². The lowest BCUT2D eigenvalue weighted by Gasteiger charge is -2.28. The quantitative estimate of drug-likeness (QED) is 0.906. The highest BCUT2D eigenvalue weighted by Gasteiger charge is 2.30. The van der Waals surface area contributed by atoms with E-state index in [1.54, 1.807) is 0 Å². The Bertz CT molecular complexity index is 559. The molecule has 1 aromatic rings. The monoisotopic (exact) mass is 318 g/mol. The minimum atomic E-state index is 0.125. The molecule has 5 heteroatoms. The van der Waals surface area contributed by atoms with E-state index in [9.17, 15) is 4.79 Å². The number of nitrogens with zero attached hydrogens (tertiary/aromatic N) is 1. The number of carbonyl (C=O) groups excluding carboxylic acids is 1. The molecule has 2 aliphatic heterocycles. The number of likely N-dealkylation sites (tertiary alicyclic amines) is 1. The first-order valence-electron chi connectivity index (χ1n) is 8.57. The van der Waals surface area contributed by atoms with Crippen LogP contribution in [0.2, 0.25) is 0 Å². The van der Waals surface area contributed by atoms with Gasteiger partial charge in [0, 0.05) is 30.6 Å². The fourth-order valence-electron chi connectivity index (χ4n) is 3.44. The van der Waals surface area contributed by atoms with Gasteiger partial charge >= 0.3 is 0 Å². The predicted molar refractivity (Wildman–Crippen MR) is 88.9 cm³/mol. The van der Waals surface area contributed by atoms with Crippen LogP contribution in [-0.4, -0.2) is 43.2 Å². The Balaban J connectivity index is 1.69. The third-order valence-electron chi connectivity index (χ3n) is 4.40. The molecule has 126 valence electrons. The third kappa shape index (κ3) is 3.78. The van der Waals surface area contributed by atoms with Gasteiger partial charge in [-0.3, -0.25) is 9.69 Å². The summed E-state index contributed by atoms with van der Waals surface area (Å²) < 4.78 is 11.6. The summed E-state index contributed by atoms with van der Waals surface area (Å²) in [5.74, 6) is 1.86. The zero-order valence-corrected chi connectivity index (χ0v) is 14.0. The Hall–Kier alpha value is -1.75. The zero-order chi connectivity index (χ0) is 16.2. The van der Waals surface area contributed by atoms with E-state index >= 15 is 0 Å². The van der Waals surface area contributed by atoms with Gasteiger partial charge in [0.25, 0.3) is 0 Å². The Labute approximate surface area is 137 Å². The molecule has 0 radical (unpaired) electrons. The van der Waals surface area contributed by atoms with Crippen molar-refractivity contribution in [3.63, 3.8) is 0 Å². The summed E-state index contributed by atoms with van der Waals surface area (Å²) in [6.07, 6.45) is 2.80. The van der Waals surface area contributed by atoms with Crippen molar-refractivity contribution >= 4 is 5.91 Å². The number of hydrogen-bond donors (Lipinski definition) is 1. The van der Waals surface area contributed by atoms with Gasteiger partial charge in [0.15, 0.2) is 11.5 Å². The molecule has 2 aliphatic rings. The average Bonchev–Trinajstić information content (AvgIpc) is 3.00. The molecule has 5 nitrogen and oxygen atoms in total. The number of ether oxygens (including phenoxy) is 2. The maximum Gasteiger partial charge on any atom is 0.221 e. The van der Waals surface area contributed by atoms with Crippen LogP contribution in [0, 0.1) is 0 Å². The summed E-state index contributed by atoms with van der Waals surface area (Å²) in [5.41, 5.74) is 1.20. The van der Waals surface area contributed by atoms with Crippen LogP contribution in [0.5, 0.6) is 11.5 Å². The molecular formula is C18H26N2O3. The van der Waals surface area contributed by atoms with E-state index < -0.39 is 0 Å². The summed E-state index contributed by atoms with van der Waals surface area (Å²) in [7, 11) is 0. The molecule has 0 unspecified atom stereocenters. The minimum Gasteiger partial charge on any atom is -0.486 e. The molecule has 1 atom stereocenters. The first kappa shape index (κ1) is 16.1. The van der Waals surface area contributed by atoms with E-state index in [2.05, 4.69) is 16.3 Å². The lowest BCUT2D eigenvalue weighted by molar-refractivity contribution is -0.121. The Morgan fingerprint density at radius 1 is 1.35 bits per heavy atom. The van der Waals surface area contributed by atoms with Crippen LogP contribution in [0.3, 0.4) is 0 Å². The van der Waals surface area contributed by atoms with Crippen molar-refractivity contribution in [1.29, 1.82) is 0 Å². The number of nitrogens with one attached hydrogen (secondary N) is 1. The molecule has 0 saturated carbocycles. The highest BCUT2D eigenvalue weighted by atomic mass is 16.6. The average molecular weight is 318 g/mol. The minimum absolute atomic E-state index is 0.125. The Morgan fingerprint density at radius 3 is 3.00 bits per heavy atom. The van der Waals surface area contributed by atoms with Gasteiger partial charge in [-0.1, -0.05) is 12.1 Å². The van der Waals surface area contributed by atoms with E-state index in [1.807, 2.05) is 26.0 Å². The van der Waals surface area contributed by atoms with E-state index in [4.69, 9.17) is 9.47 Å². The SMILES string of the molecule is CC(C)NC(=O)CCN1CCC[C@@H]1c1cccc2c1OCCO2. The van der Waals surface area contributed by atoms with Crippen molar-refractivity contribution in [1.82, 2.24) is 10.2 Å². The van der Waals surface area contributed by atoms with Gasteiger partial charge in [0.1, 0.15) is 13.2 Å². The molecule has 1 aromatic carbocycles. The first-order chi connectivity index (χ1) is 11.1. The normalized spacial score (nSPS) is 20.7. The van der Waals surface area contributed by atoms with E-state index in [0.29, 0.717) is 25.7 Å². The molecule has 23 heavy (non-hydrogen) atoms. The second-order valence-electron chi connectivity index (χ2n) is 6.54. The van der Waals surface area contributed by atoms with Crippen molar-refractivity contribution in [3.8, 4) is 11.5 Å². The number of amides is 1. The van der Waals surface area contributed by atoms with Crippen LogP contribution < -0.4 is 14.8 Å². The van der Waals surface area contributed by atoms with Crippen LogP contribution in [0.25, 0.3) is 0 Å². The zero-order valence-electron chi connectivity index (χ0n) is 14.0. The molecule has 0 aromatic heterocycles. The Kier molecular flexibility index (Phi) is 5.06. The summed E-state index contributed by atoms with van der Waals surface area (Å²) in [6.45, 7) is 7.01.